The molecule has 1 aliphatic rings. The summed E-state index contributed by atoms with van der Waals surface area (Å²) in [6, 6.07) is 5.79. The van der Waals surface area contributed by atoms with Crippen molar-refractivity contribution in [2.24, 2.45) is 11.6 Å². The summed E-state index contributed by atoms with van der Waals surface area (Å²) in [6.07, 6.45) is 6.28. The summed E-state index contributed by atoms with van der Waals surface area (Å²) < 4.78 is 13.4. The van der Waals surface area contributed by atoms with Crippen molar-refractivity contribution in [1.29, 1.82) is 0 Å². The van der Waals surface area contributed by atoms with Gasteiger partial charge in [0.15, 0.2) is 0 Å². The highest BCUT2D eigenvalue weighted by atomic mass is 19.1. The van der Waals surface area contributed by atoms with E-state index in [-0.39, 0.29) is 17.3 Å². The molecule has 6 nitrogen and oxygen atoms in total. The molecule has 0 saturated carbocycles. The highest BCUT2D eigenvalue weighted by molar-refractivity contribution is 6.02. The van der Waals surface area contributed by atoms with Gasteiger partial charge in [0.2, 0.25) is 0 Å². The molecule has 1 fully saturated rings. The molecule has 1 heterocycles. The molecule has 1 amide bonds. The van der Waals surface area contributed by atoms with Crippen LogP contribution in [0.3, 0.4) is 0 Å². The molecule has 0 unspecified atom stereocenters. The number of amides is 1. The van der Waals surface area contributed by atoms with Gasteiger partial charge in [-0.1, -0.05) is 25.3 Å². The fraction of sp³-hybridized carbons (Fsp3) is 0.190. The number of nitrogens with one attached hydrogen (secondary N) is 2. The fourth-order valence-electron chi connectivity index (χ4n) is 3.00. The lowest BCUT2D eigenvalue weighted by Crippen LogP contribution is -2.47. The lowest BCUT2D eigenvalue weighted by atomic mass is 9.92. The van der Waals surface area contributed by atoms with Crippen molar-refractivity contribution in [3.05, 3.63) is 90.0 Å². The van der Waals surface area contributed by atoms with Crippen LogP contribution in [0.2, 0.25) is 0 Å². The van der Waals surface area contributed by atoms with Crippen molar-refractivity contribution in [1.82, 2.24) is 15.6 Å². The smallest absolute Gasteiger partial charge is 0.254 e. The summed E-state index contributed by atoms with van der Waals surface area (Å²) in [6.45, 7) is 10.4. The van der Waals surface area contributed by atoms with Gasteiger partial charge < -0.3 is 21.4 Å². The lowest BCUT2D eigenvalue weighted by Gasteiger charge is -2.29. The predicted octanol–water partition coefficient (Wildman–Crippen LogP) is 1.57. The Morgan fingerprint density at radius 1 is 1.25 bits per heavy atom. The van der Waals surface area contributed by atoms with E-state index in [1.54, 1.807) is 35.3 Å². The molecular weight excluding hydrogens is 357 g/mol. The van der Waals surface area contributed by atoms with Crippen molar-refractivity contribution < 1.29 is 9.18 Å². The van der Waals surface area contributed by atoms with E-state index >= 15 is 0 Å². The van der Waals surface area contributed by atoms with Crippen molar-refractivity contribution in [3.8, 4) is 0 Å². The zero-order chi connectivity index (χ0) is 20.5. The number of benzene rings is 1. The van der Waals surface area contributed by atoms with Gasteiger partial charge in [-0.05, 0) is 47.7 Å². The molecule has 6 N–H and O–H groups in total. The molecule has 0 aliphatic carbocycles. The minimum atomic E-state index is -0.374. The van der Waals surface area contributed by atoms with E-state index < -0.39 is 0 Å². The summed E-state index contributed by atoms with van der Waals surface area (Å²) in [5.41, 5.74) is 10.6. The fourth-order valence-corrected chi connectivity index (χ4v) is 3.00. The second-order valence-electron chi connectivity index (χ2n) is 6.14. The lowest BCUT2D eigenvalue weighted by molar-refractivity contribution is -0.127. The molecule has 1 aliphatic heterocycles. The van der Waals surface area contributed by atoms with Gasteiger partial charge in [-0.15, -0.1) is 0 Å². The van der Waals surface area contributed by atoms with E-state index in [0.717, 1.165) is 13.1 Å². The quantitative estimate of drug-likeness (QED) is 0.248. The van der Waals surface area contributed by atoms with Gasteiger partial charge in [-0.2, -0.15) is 0 Å². The zero-order valence-electron chi connectivity index (χ0n) is 15.7. The van der Waals surface area contributed by atoms with E-state index in [9.17, 15) is 9.18 Å². The Kier molecular flexibility index (Phi) is 7.74. The van der Waals surface area contributed by atoms with E-state index in [4.69, 9.17) is 11.6 Å². The van der Waals surface area contributed by atoms with Gasteiger partial charge in [0.25, 0.3) is 5.91 Å². The first-order valence-corrected chi connectivity index (χ1v) is 8.91. The number of piperazine rings is 1. The van der Waals surface area contributed by atoms with E-state index in [1.165, 1.54) is 18.3 Å². The number of nitrogens with zero attached hydrogens (tertiary/aromatic N) is 1. The molecule has 28 heavy (non-hydrogen) atoms. The molecule has 0 spiro atoms. The first kappa shape index (κ1) is 21.1. The van der Waals surface area contributed by atoms with E-state index in [1.807, 2.05) is 0 Å². The van der Waals surface area contributed by atoms with E-state index in [2.05, 4.69) is 23.9 Å². The van der Waals surface area contributed by atoms with Crippen LogP contribution in [0.1, 0.15) is 5.56 Å². The topological polar surface area (TPSA) is 96.4 Å². The van der Waals surface area contributed by atoms with Crippen LogP contribution in [0, 0.1) is 5.82 Å². The second kappa shape index (κ2) is 10.2. The summed E-state index contributed by atoms with van der Waals surface area (Å²) in [7, 11) is 0. The van der Waals surface area contributed by atoms with Crippen LogP contribution in [0.15, 0.2) is 78.6 Å². The number of carbonyl (C=O) groups excluding carboxylic acids is 1. The monoisotopic (exact) mass is 383 g/mol. The normalized spacial score (nSPS) is 15.9. The SMILES string of the molecule is C=C/C=C(\C=C/N)C(/C(=C)C(=O)N1CCNCC1)=C(/NN)c1ccc(F)cc1. The molecule has 1 aromatic rings. The Morgan fingerprint density at radius 3 is 2.43 bits per heavy atom. The maximum Gasteiger partial charge on any atom is 0.254 e. The Hall–Kier alpha value is -3.16. The number of rotatable bonds is 7. The summed E-state index contributed by atoms with van der Waals surface area (Å²) in [4.78, 5) is 14.8. The first-order chi connectivity index (χ1) is 13.5. The average molecular weight is 383 g/mol. The van der Waals surface area contributed by atoms with Gasteiger partial charge in [0.1, 0.15) is 5.82 Å². The number of allylic oxidation sites excluding steroid dienone is 4. The summed E-state index contributed by atoms with van der Waals surface area (Å²) in [5.74, 6) is 5.23. The van der Waals surface area contributed by atoms with Gasteiger partial charge in [0, 0.05) is 37.3 Å². The molecular formula is C21H26FN5O. The molecule has 2 rings (SSSR count). The third-order valence-corrected chi connectivity index (χ3v) is 4.35. The summed E-state index contributed by atoms with van der Waals surface area (Å²) in [5, 5.41) is 3.21. The highest BCUT2D eigenvalue weighted by Crippen LogP contribution is 2.29. The van der Waals surface area contributed by atoms with Crippen LogP contribution in [-0.2, 0) is 4.79 Å². The molecule has 148 valence electrons. The maximum atomic E-state index is 13.4. The largest absolute Gasteiger partial charge is 0.405 e. The third kappa shape index (κ3) is 4.97. The van der Waals surface area contributed by atoms with Crippen LogP contribution >= 0.6 is 0 Å². The van der Waals surface area contributed by atoms with Crippen molar-refractivity contribution in [3.63, 3.8) is 0 Å². The number of halogens is 1. The van der Waals surface area contributed by atoms with Gasteiger partial charge in [0.05, 0.1) is 5.70 Å². The van der Waals surface area contributed by atoms with Crippen molar-refractivity contribution in [2.45, 2.75) is 0 Å². The average Bonchev–Trinajstić information content (AvgIpc) is 2.72. The van der Waals surface area contributed by atoms with Gasteiger partial charge in [-0.3, -0.25) is 10.6 Å². The van der Waals surface area contributed by atoms with Gasteiger partial charge >= 0.3 is 0 Å². The standard InChI is InChI=1S/C21H26FN5O/c1-3-4-16(9-10-23)19(15(2)21(28)27-13-11-25-12-14-27)20(26-24)17-5-7-18(22)8-6-17/h3-10,25-26H,1-2,11-14,23-24H2/b10-9-,16-4+,20-19+. The zero-order valence-corrected chi connectivity index (χ0v) is 15.7. The van der Waals surface area contributed by atoms with Crippen LogP contribution < -0.4 is 22.3 Å². The molecule has 7 heteroatoms. The Bertz CT molecular complexity index is 818. The number of carbonyl (C=O) groups is 1. The van der Waals surface area contributed by atoms with Crippen molar-refractivity contribution >= 4 is 11.6 Å². The second-order valence-corrected chi connectivity index (χ2v) is 6.14. The van der Waals surface area contributed by atoms with Crippen LogP contribution in [0.25, 0.3) is 5.70 Å². The predicted molar refractivity (Wildman–Crippen MR) is 111 cm³/mol. The summed E-state index contributed by atoms with van der Waals surface area (Å²) >= 11 is 0. The van der Waals surface area contributed by atoms with Crippen molar-refractivity contribution in [2.75, 3.05) is 26.2 Å². The maximum absolute atomic E-state index is 13.4. The Morgan fingerprint density at radius 2 is 1.89 bits per heavy atom. The van der Waals surface area contributed by atoms with Crippen LogP contribution in [0.4, 0.5) is 4.39 Å². The molecule has 0 radical (unpaired) electrons. The Balaban J connectivity index is 2.61. The number of hydrogen-bond acceptors (Lipinski definition) is 5. The number of hydrogen-bond donors (Lipinski definition) is 4. The number of nitrogens with two attached hydrogens (primary N) is 2. The molecule has 0 bridgehead atoms. The first-order valence-electron chi connectivity index (χ1n) is 8.91. The molecule has 0 atom stereocenters. The minimum Gasteiger partial charge on any atom is -0.405 e. The Labute approximate surface area is 164 Å². The molecule has 1 saturated heterocycles. The highest BCUT2D eigenvalue weighted by Gasteiger charge is 2.25. The van der Waals surface area contributed by atoms with Gasteiger partial charge in [-0.25, -0.2) is 4.39 Å². The van der Waals surface area contributed by atoms with Crippen LogP contribution in [0.5, 0.6) is 0 Å². The van der Waals surface area contributed by atoms with E-state index in [0.29, 0.717) is 35.5 Å². The number of hydrazine groups is 1. The minimum absolute atomic E-state index is 0.202. The van der Waals surface area contributed by atoms with Crippen LogP contribution in [-0.4, -0.2) is 37.0 Å². The third-order valence-electron chi connectivity index (χ3n) is 4.35. The molecule has 1 aromatic carbocycles. The molecule has 0 aromatic heterocycles.